The van der Waals surface area contributed by atoms with E-state index >= 15 is 0 Å². The second-order valence-corrected chi connectivity index (χ2v) is 7.39. The number of phenols is 2. The maximum Gasteiger partial charge on any atom is 0.341 e. The van der Waals surface area contributed by atoms with Gasteiger partial charge in [-0.25, -0.2) is 24.5 Å². The average molecular weight is 489 g/mol. The number of rotatable bonds is 9. The van der Waals surface area contributed by atoms with Gasteiger partial charge in [0.05, 0.1) is 11.1 Å². The van der Waals surface area contributed by atoms with Crippen molar-refractivity contribution in [1.82, 2.24) is 15.0 Å². The number of phenolic OH excluding ortho intramolecular Hbond substituents is 2. The van der Waals surface area contributed by atoms with Crippen LogP contribution >= 0.6 is 0 Å². The lowest BCUT2D eigenvalue weighted by molar-refractivity contribution is -0.140. The average Bonchev–Trinajstić information content (AvgIpc) is 2.86. The molecule has 0 amide bonds. The van der Waals surface area contributed by atoms with E-state index in [-0.39, 0.29) is 51.6 Å². The standard InChI is InChI=1S/C25H19N3O8/c29-19-10-15(35-12-21(31)32)6-8-17(19)24-26-23(14-4-2-1-3-5-14)27-25(28-24)18-9-7-16(11-20(18)30)36-13-22(33)34/h1-11,29-30H,12-13H2,(H,31,32)(H,33,34). The normalized spacial score (nSPS) is 10.6. The van der Waals surface area contributed by atoms with E-state index in [0.29, 0.717) is 5.56 Å². The molecule has 3 aromatic carbocycles. The van der Waals surface area contributed by atoms with Crippen LogP contribution in [-0.4, -0.2) is 60.5 Å². The summed E-state index contributed by atoms with van der Waals surface area (Å²) in [5, 5.41) is 38.7. The predicted octanol–water partition coefficient (Wildman–Crippen LogP) is 3.21. The van der Waals surface area contributed by atoms with Gasteiger partial charge in [0.2, 0.25) is 0 Å². The Labute approximate surface area is 203 Å². The van der Waals surface area contributed by atoms with Crippen LogP contribution in [0.2, 0.25) is 0 Å². The summed E-state index contributed by atoms with van der Waals surface area (Å²) in [5.74, 6) is -2.09. The molecular formula is C25H19N3O8. The molecule has 0 aliphatic rings. The van der Waals surface area contributed by atoms with E-state index in [0.717, 1.165) is 0 Å². The number of hydrogen-bond acceptors (Lipinski definition) is 9. The maximum absolute atomic E-state index is 10.7. The molecule has 4 aromatic rings. The fourth-order valence-electron chi connectivity index (χ4n) is 3.20. The van der Waals surface area contributed by atoms with Crippen molar-refractivity contribution < 1.29 is 39.5 Å². The number of benzene rings is 3. The van der Waals surface area contributed by atoms with E-state index in [4.69, 9.17) is 19.7 Å². The SMILES string of the molecule is O=C(O)COc1ccc(-c2nc(-c3ccccc3)nc(-c3ccc(OCC(=O)O)cc3O)n2)c(O)c1. The van der Waals surface area contributed by atoms with E-state index in [2.05, 4.69) is 15.0 Å². The van der Waals surface area contributed by atoms with Crippen LogP contribution in [0.5, 0.6) is 23.0 Å². The van der Waals surface area contributed by atoms with Gasteiger partial charge in [-0.15, -0.1) is 0 Å². The summed E-state index contributed by atoms with van der Waals surface area (Å²) in [6, 6.07) is 17.4. The first-order valence-corrected chi connectivity index (χ1v) is 10.5. The summed E-state index contributed by atoms with van der Waals surface area (Å²) >= 11 is 0. The molecule has 0 fully saturated rings. The van der Waals surface area contributed by atoms with E-state index in [1.807, 2.05) is 6.07 Å². The van der Waals surface area contributed by atoms with E-state index in [1.54, 1.807) is 24.3 Å². The number of carboxylic acid groups (broad SMARTS) is 2. The number of carboxylic acids is 2. The van der Waals surface area contributed by atoms with Gasteiger partial charge in [0, 0.05) is 17.7 Å². The van der Waals surface area contributed by atoms with E-state index in [1.165, 1.54) is 36.4 Å². The maximum atomic E-state index is 10.7. The zero-order valence-electron chi connectivity index (χ0n) is 18.5. The van der Waals surface area contributed by atoms with E-state index in [9.17, 15) is 19.8 Å². The number of ether oxygens (including phenoxy) is 2. The quantitative estimate of drug-likeness (QED) is 0.272. The fraction of sp³-hybridized carbons (Fsp3) is 0.0800. The van der Waals surface area contributed by atoms with Crippen molar-refractivity contribution in [2.75, 3.05) is 13.2 Å². The fourth-order valence-corrected chi connectivity index (χ4v) is 3.20. The largest absolute Gasteiger partial charge is 0.507 e. The molecule has 0 atom stereocenters. The lowest BCUT2D eigenvalue weighted by atomic mass is 10.1. The van der Waals surface area contributed by atoms with E-state index < -0.39 is 25.2 Å². The first-order chi connectivity index (χ1) is 17.3. The Hall–Kier alpha value is -5.19. The highest BCUT2D eigenvalue weighted by molar-refractivity contribution is 5.73. The molecule has 0 bridgehead atoms. The molecule has 1 aromatic heterocycles. The van der Waals surface area contributed by atoms with Crippen molar-refractivity contribution >= 4 is 11.9 Å². The van der Waals surface area contributed by atoms with Crippen LogP contribution in [0.4, 0.5) is 0 Å². The third kappa shape index (κ3) is 5.65. The molecule has 0 aliphatic carbocycles. The molecule has 0 unspecified atom stereocenters. The molecule has 0 aliphatic heterocycles. The van der Waals surface area contributed by atoms with Crippen molar-refractivity contribution in [2.45, 2.75) is 0 Å². The van der Waals surface area contributed by atoms with Crippen LogP contribution in [0, 0.1) is 0 Å². The molecule has 182 valence electrons. The Morgan fingerprint density at radius 3 is 1.50 bits per heavy atom. The number of nitrogens with zero attached hydrogens (tertiary/aromatic N) is 3. The van der Waals surface area contributed by atoms with Gasteiger partial charge in [0.15, 0.2) is 30.7 Å². The molecule has 0 saturated carbocycles. The Balaban J connectivity index is 1.78. The number of carbonyl (C=O) groups is 2. The van der Waals surface area contributed by atoms with Crippen LogP contribution in [0.3, 0.4) is 0 Å². The van der Waals surface area contributed by atoms with Gasteiger partial charge in [-0.05, 0) is 24.3 Å². The monoisotopic (exact) mass is 489 g/mol. The zero-order chi connectivity index (χ0) is 25.7. The predicted molar refractivity (Wildman–Crippen MR) is 126 cm³/mol. The summed E-state index contributed by atoms with van der Waals surface area (Å²) in [7, 11) is 0. The van der Waals surface area contributed by atoms with Crippen molar-refractivity contribution in [3.63, 3.8) is 0 Å². The first-order valence-electron chi connectivity index (χ1n) is 10.5. The molecule has 0 spiro atoms. The van der Waals surface area contributed by atoms with Crippen LogP contribution in [-0.2, 0) is 9.59 Å². The second kappa shape index (κ2) is 10.4. The topological polar surface area (TPSA) is 172 Å². The first kappa shape index (κ1) is 24.0. The van der Waals surface area contributed by atoms with Crippen molar-refractivity contribution in [2.24, 2.45) is 0 Å². The number of hydrogen-bond donors (Lipinski definition) is 4. The highest BCUT2D eigenvalue weighted by atomic mass is 16.5. The molecular weight excluding hydrogens is 470 g/mol. The van der Waals surface area contributed by atoms with Crippen LogP contribution in [0.25, 0.3) is 34.2 Å². The third-order valence-corrected chi connectivity index (χ3v) is 4.81. The van der Waals surface area contributed by atoms with Crippen molar-refractivity contribution in [3.05, 3.63) is 66.7 Å². The molecule has 4 N–H and O–H groups in total. The zero-order valence-corrected chi connectivity index (χ0v) is 18.5. The van der Waals surface area contributed by atoms with Crippen molar-refractivity contribution in [3.8, 4) is 57.2 Å². The van der Waals surface area contributed by atoms with Gasteiger partial charge < -0.3 is 29.9 Å². The van der Waals surface area contributed by atoms with Gasteiger partial charge in [-0.1, -0.05) is 30.3 Å². The molecule has 0 saturated heterocycles. The Morgan fingerprint density at radius 1 is 0.639 bits per heavy atom. The molecule has 11 nitrogen and oxygen atoms in total. The summed E-state index contributed by atoms with van der Waals surface area (Å²) < 4.78 is 10.2. The highest BCUT2D eigenvalue weighted by Gasteiger charge is 2.18. The smallest absolute Gasteiger partial charge is 0.341 e. The third-order valence-electron chi connectivity index (χ3n) is 4.81. The molecule has 11 heteroatoms. The number of aromatic hydroxyl groups is 2. The lowest BCUT2D eigenvalue weighted by Crippen LogP contribution is -2.09. The molecule has 4 rings (SSSR count). The number of aliphatic carboxylic acids is 2. The van der Waals surface area contributed by atoms with Crippen molar-refractivity contribution in [1.29, 1.82) is 0 Å². The van der Waals surface area contributed by atoms with Crippen LogP contribution < -0.4 is 9.47 Å². The summed E-state index contributed by atoms with van der Waals surface area (Å²) in [5.41, 5.74) is 1.10. The minimum absolute atomic E-state index is 0.0896. The minimum atomic E-state index is -1.16. The van der Waals surface area contributed by atoms with Gasteiger partial charge >= 0.3 is 11.9 Å². The lowest BCUT2D eigenvalue weighted by Gasteiger charge is -2.12. The Kier molecular flexibility index (Phi) is 6.91. The summed E-state index contributed by atoms with van der Waals surface area (Å²) in [6.07, 6.45) is 0. The minimum Gasteiger partial charge on any atom is -0.507 e. The number of aromatic nitrogens is 3. The van der Waals surface area contributed by atoms with Crippen LogP contribution in [0.15, 0.2) is 66.7 Å². The van der Waals surface area contributed by atoms with Gasteiger partial charge in [-0.3, -0.25) is 0 Å². The van der Waals surface area contributed by atoms with Crippen LogP contribution in [0.1, 0.15) is 0 Å². The van der Waals surface area contributed by atoms with Gasteiger partial charge in [-0.2, -0.15) is 0 Å². The Morgan fingerprint density at radius 2 is 1.08 bits per heavy atom. The van der Waals surface area contributed by atoms with Gasteiger partial charge in [0.25, 0.3) is 0 Å². The van der Waals surface area contributed by atoms with Gasteiger partial charge in [0.1, 0.15) is 23.0 Å². The highest BCUT2D eigenvalue weighted by Crippen LogP contribution is 2.35. The Bertz CT molecular complexity index is 1340. The molecule has 0 radical (unpaired) electrons. The summed E-state index contributed by atoms with van der Waals surface area (Å²) in [6.45, 7) is -1.14. The molecule has 1 heterocycles. The summed E-state index contributed by atoms with van der Waals surface area (Å²) in [4.78, 5) is 34.8. The molecule has 36 heavy (non-hydrogen) atoms. The second-order valence-electron chi connectivity index (χ2n) is 7.39.